The molecule has 1 atom stereocenters. The Morgan fingerprint density at radius 1 is 0.953 bits per heavy atom. The molecule has 1 unspecified atom stereocenters. The van der Waals surface area contributed by atoms with E-state index in [0.29, 0.717) is 29.4 Å². The molecule has 0 aliphatic carbocycles. The second-order valence-corrected chi connectivity index (χ2v) is 11.0. The summed E-state index contributed by atoms with van der Waals surface area (Å²) in [4.78, 5) is 22.7. The van der Waals surface area contributed by atoms with E-state index in [0.717, 1.165) is 38.9 Å². The highest BCUT2D eigenvalue weighted by Gasteiger charge is 2.18. The fourth-order valence-corrected chi connectivity index (χ4v) is 5.36. The molecule has 0 bridgehead atoms. The third-order valence-electron chi connectivity index (χ3n) is 6.97. The molecule has 0 radical (unpaired) electrons. The number of alkyl halides is 1. The topological polar surface area (TPSA) is 98.0 Å². The lowest BCUT2D eigenvalue weighted by Crippen LogP contribution is -2.10. The molecule has 0 fully saturated rings. The van der Waals surface area contributed by atoms with Crippen molar-refractivity contribution in [2.75, 3.05) is 6.61 Å². The van der Waals surface area contributed by atoms with Crippen LogP contribution in [0.1, 0.15) is 40.8 Å². The average Bonchev–Trinajstić information content (AvgIpc) is 3.22. The lowest BCUT2D eigenvalue weighted by atomic mass is 10.0. The normalized spacial score (nSPS) is 12.5. The number of hydrogen-bond acceptors (Lipinski definition) is 4. The van der Waals surface area contributed by atoms with Crippen molar-refractivity contribution in [2.45, 2.75) is 45.2 Å². The van der Waals surface area contributed by atoms with Crippen molar-refractivity contribution in [1.82, 2.24) is 4.57 Å². The van der Waals surface area contributed by atoms with Gasteiger partial charge in [0, 0.05) is 17.5 Å². The number of rotatable bonds is 14. The first-order chi connectivity index (χ1) is 20.6. The fourth-order valence-electron chi connectivity index (χ4n) is 4.88. The van der Waals surface area contributed by atoms with Crippen molar-refractivity contribution in [3.05, 3.63) is 106 Å². The highest BCUT2D eigenvalue weighted by molar-refractivity contribution is 6.30. The number of aromatic nitrogens is 1. The molecule has 0 aliphatic heterocycles. The summed E-state index contributed by atoms with van der Waals surface area (Å²) in [7, 11) is 0. The minimum Gasteiger partial charge on any atom is -0.488 e. The molecule has 0 saturated heterocycles. The van der Waals surface area contributed by atoms with Crippen LogP contribution in [0.2, 0.25) is 0 Å². The van der Waals surface area contributed by atoms with Crippen LogP contribution in [-0.2, 0) is 22.6 Å². The molecule has 0 amide bonds. The zero-order valence-electron chi connectivity index (χ0n) is 23.9. The summed E-state index contributed by atoms with van der Waals surface area (Å²) in [6, 6.07) is 20.9. The predicted molar refractivity (Wildman–Crippen MR) is 171 cm³/mol. The number of halogens is 2. The van der Waals surface area contributed by atoms with Gasteiger partial charge < -0.3 is 24.3 Å². The van der Waals surface area contributed by atoms with Crippen LogP contribution in [0.15, 0.2) is 77.8 Å². The number of hydrogen-bond donors (Lipinski definition) is 2. The second kappa shape index (κ2) is 14.8. The molecule has 0 spiro atoms. The first kappa shape index (κ1) is 31.7. The lowest BCUT2D eigenvalue weighted by Gasteiger charge is -2.12. The number of aryl methyl sites for hydroxylation is 2. The largest absolute Gasteiger partial charge is 0.488 e. The van der Waals surface area contributed by atoms with Crippen molar-refractivity contribution >= 4 is 58.2 Å². The van der Waals surface area contributed by atoms with Crippen molar-refractivity contribution in [3.63, 3.8) is 0 Å². The van der Waals surface area contributed by atoms with Crippen molar-refractivity contribution in [1.29, 1.82) is 0 Å². The van der Waals surface area contributed by atoms with E-state index >= 15 is 0 Å². The highest BCUT2D eigenvalue weighted by Crippen LogP contribution is 2.31. The maximum atomic E-state index is 11.7. The maximum Gasteiger partial charge on any atom is 0.323 e. The van der Waals surface area contributed by atoms with E-state index < -0.39 is 17.5 Å². The highest BCUT2D eigenvalue weighted by atomic mass is 35.5. The van der Waals surface area contributed by atoms with Gasteiger partial charge in [-0.1, -0.05) is 83.9 Å². The van der Waals surface area contributed by atoms with Gasteiger partial charge in [0.15, 0.2) is 5.56 Å². The van der Waals surface area contributed by atoms with Crippen LogP contribution in [0.3, 0.4) is 0 Å². The van der Waals surface area contributed by atoms with Crippen molar-refractivity contribution in [3.8, 4) is 11.5 Å². The molecule has 0 aliphatic rings. The van der Waals surface area contributed by atoms with Crippen molar-refractivity contribution < 1.29 is 29.3 Å². The van der Waals surface area contributed by atoms with Crippen LogP contribution in [0.5, 0.6) is 11.5 Å². The molecule has 43 heavy (non-hydrogen) atoms. The van der Waals surface area contributed by atoms with Gasteiger partial charge in [0.1, 0.15) is 24.7 Å². The van der Waals surface area contributed by atoms with Gasteiger partial charge in [-0.2, -0.15) is 0 Å². The first-order valence-electron chi connectivity index (χ1n) is 13.8. The zero-order chi connectivity index (χ0) is 30.9. The molecule has 3 aromatic carbocycles. The Morgan fingerprint density at radius 2 is 1.70 bits per heavy atom. The molecular formula is C34H33Cl2NO6. The number of ether oxygens (including phenoxy) is 2. The molecular weight excluding hydrogens is 589 g/mol. The number of carbonyl (C=O) groups is 2. The molecule has 7 nitrogen and oxygen atoms in total. The third kappa shape index (κ3) is 8.66. The van der Waals surface area contributed by atoms with Gasteiger partial charge in [0.25, 0.3) is 0 Å². The lowest BCUT2D eigenvalue weighted by molar-refractivity contribution is -0.138. The number of carboxylic acid groups (broad SMARTS) is 2. The second-order valence-electron chi connectivity index (χ2n) is 10.1. The summed E-state index contributed by atoms with van der Waals surface area (Å²) < 4.78 is 13.3. The SMILES string of the molecule is Cc1ccccc1OC(Cl)C=C(Cl)COc1ccc(/C=C/c2cccc3c(CCCC(=O)O)c(C)n(CC(=O)O)c23)cc1. The van der Waals surface area contributed by atoms with E-state index in [9.17, 15) is 14.7 Å². The summed E-state index contributed by atoms with van der Waals surface area (Å²) in [6.45, 7) is 3.77. The minimum atomic E-state index is -0.943. The van der Waals surface area contributed by atoms with Gasteiger partial charge in [-0.3, -0.25) is 9.59 Å². The standard InChI is InChI=1S/C34H33Cl2NO6/c1-22-7-3-4-11-30(22)43-31(36)19-26(35)21-42-27-17-14-24(15-18-27)13-16-25-8-5-10-29-28(9-6-12-32(38)39)23(2)37(34(25)29)20-33(40)41/h3-5,7-8,10-11,13-19,31H,6,9,12,20-21H2,1-2H3,(H,38,39)(H,40,41)/b16-13+,26-19?. The van der Waals surface area contributed by atoms with Gasteiger partial charge in [-0.05, 0) is 73.2 Å². The molecule has 0 saturated carbocycles. The summed E-state index contributed by atoms with van der Waals surface area (Å²) in [5.74, 6) is -0.472. The van der Waals surface area contributed by atoms with Crippen LogP contribution in [0.4, 0.5) is 0 Å². The molecule has 1 heterocycles. The van der Waals surface area contributed by atoms with E-state index in [1.165, 1.54) is 0 Å². The third-order valence-corrected chi connectivity index (χ3v) is 7.42. The Bertz CT molecular complexity index is 1660. The summed E-state index contributed by atoms with van der Waals surface area (Å²) in [5.41, 5.74) is 4.65. The molecule has 2 N–H and O–H groups in total. The molecule has 4 rings (SSSR count). The van der Waals surface area contributed by atoms with Gasteiger partial charge in [0.2, 0.25) is 0 Å². The number of carboxylic acids is 2. The maximum absolute atomic E-state index is 11.7. The predicted octanol–water partition coefficient (Wildman–Crippen LogP) is 8.07. The first-order valence-corrected chi connectivity index (χ1v) is 14.6. The van der Waals surface area contributed by atoms with E-state index in [2.05, 4.69) is 0 Å². The Labute approximate surface area is 260 Å². The van der Waals surface area contributed by atoms with Gasteiger partial charge in [-0.15, -0.1) is 0 Å². The number of nitrogens with zero attached hydrogens (tertiary/aromatic N) is 1. The van der Waals surface area contributed by atoms with Crippen LogP contribution in [0.25, 0.3) is 23.1 Å². The quantitative estimate of drug-likeness (QED) is 0.109. The summed E-state index contributed by atoms with van der Waals surface area (Å²) >= 11 is 12.6. The fraction of sp³-hybridized carbons (Fsp3) is 0.235. The number of para-hydroxylation sites is 2. The van der Waals surface area contributed by atoms with Crippen LogP contribution in [-0.4, -0.2) is 38.9 Å². The van der Waals surface area contributed by atoms with Crippen LogP contribution in [0, 0.1) is 13.8 Å². The molecule has 9 heteroatoms. The zero-order valence-corrected chi connectivity index (χ0v) is 25.4. The van der Waals surface area contributed by atoms with Gasteiger partial charge in [-0.25, -0.2) is 0 Å². The van der Waals surface area contributed by atoms with E-state index in [-0.39, 0.29) is 19.6 Å². The van der Waals surface area contributed by atoms with E-state index in [1.807, 2.05) is 92.7 Å². The molecule has 224 valence electrons. The minimum absolute atomic E-state index is 0.0580. The summed E-state index contributed by atoms with van der Waals surface area (Å²) in [6.07, 6.45) is 6.58. The monoisotopic (exact) mass is 621 g/mol. The number of benzene rings is 3. The Kier molecular flexibility index (Phi) is 10.9. The Morgan fingerprint density at radius 3 is 2.40 bits per heavy atom. The van der Waals surface area contributed by atoms with E-state index in [1.54, 1.807) is 10.6 Å². The van der Waals surface area contributed by atoms with Crippen LogP contribution >= 0.6 is 23.2 Å². The Balaban J connectivity index is 1.45. The van der Waals surface area contributed by atoms with Gasteiger partial charge in [0.05, 0.1) is 10.5 Å². The number of aliphatic carboxylic acids is 2. The van der Waals surface area contributed by atoms with Crippen molar-refractivity contribution in [2.24, 2.45) is 0 Å². The summed E-state index contributed by atoms with van der Waals surface area (Å²) in [5, 5.41) is 20.0. The molecule has 1 aromatic heterocycles. The Hall–Kier alpha value is -4.20. The smallest absolute Gasteiger partial charge is 0.323 e. The number of fused-ring (bicyclic) bond motifs is 1. The van der Waals surface area contributed by atoms with Gasteiger partial charge >= 0.3 is 11.9 Å². The van der Waals surface area contributed by atoms with Crippen LogP contribution < -0.4 is 9.47 Å². The van der Waals surface area contributed by atoms with E-state index in [4.69, 9.17) is 37.8 Å². The average molecular weight is 623 g/mol. The molecule has 4 aromatic rings.